The van der Waals surface area contributed by atoms with E-state index in [0.717, 1.165) is 6.42 Å². The molecule has 1 aliphatic carbocycles. The van der Waals surface area contributed by atoms with Gasteiger partial charge in [-0.05, 0) is 43.3 Å². The molecule has 0 spiro atoms. The van der Waals surface area contributed by atoms with E-state index in [0.29, 0.717) is 5.76 Å². The lowest BCUT2D eigenvalue weighted by atomic mass is 9.72. The van der Waals surface area contributed by atoms with Gasteiger partial charge in [0, 0.05) is 6.07 Å². The third-order valence-corrected chi connectivity index (χ3v) is 3.70. The maximum Gasteiger partial charge on any atom is 0.358 e. The van der Waals surface area contributed by atoms with E-state index in [1.807, 2.05) is 6.08 Å². The number of carbonyl (C=O) groups is 1. The highest BCUT2D eigenvalue weighted by Crippen LogP contribution is 2.40. The van der Waals surface area contributed by atoms with E-state index < -0.39 is 5.97 Å². The first-order valence-corrected chi connectivity index (χ1v) is 6.48. The van der Waals surface area contributed by atoms with Crippen molar-refractivity contribution in [3.05, 3.63) is 34.7 Å². The largest absolute Gasteiger partial charge is 0.476 e. The minimum Gasteiger partial charge on any atom is -0.476 e. The summed E-state index contributed by atoms with van der Waals surface area (Å²) in [5.74, 6) is -0.601. The molecule has 0 amide bonds. The molecule has 0 aliphatic heterocycles. The molecular weight excluding hydrogens is 242 g/mol. The topological polar surface area (TPSA) is 63.3 Å². The van der Waals surface area contributed by atoms with Crippen LogP contribution in [-0.2, 0) is 0 Å². The van der Waals surface area contributed by atoms with Crippen LogP contribution in [-0.4, -0.2) is 16.2 Å². The number of allylic oxidation sites excluding steroid dienone is 3. The first kappa shape index (κ1) is 13.6. The number of aromatic nitrogens is 1. The number of nitrogens with zero attached hydrogens (tertiary/aromatic N) is 1. The number of carboxylic acid groups (broad SMARTS) is 1. The van der Waals surface area contributed by atoms with Crippen LogP contribution in [0.25, 0.3) is 6.08 Å². The summed E-state index contributed by atoms with van der Waals surface area (Å²) >= 11 is 0. The van der Waals surface area contributed by atoms with Gasteiger partial charge in [-0.15, -0.1) is 0 Å². The van der Waals surface area contributed by atoms with Gasteiger partial charge in [-0.25, -0.2) is 4.79 Å². The molecule has 0 fully saturated rings. The molecule has 0 atom stereocenters. The minimum absolute atomic E-state index is 0.0618. The lowest BCUT2D eigenvalue weighted by Crippen LogP contribution is -2.18. The lowest BCUT2D eigenvalue weighted by Gasteiger charge is -2.32. The second kappa shape index (κ2) is 5.03. The van der Waals surface area contributed by atoms with Gasteiger partial charge < -0.3 is 9.63 Å². The fourth-order valence-corrected chi connectivity index (χ4v) is 2.64. The summed E-state index contributed by atoms with van der Waals surface area (Å²) in [5, 5.41) is 12.3. The van der Waals surface area contributed by atoms with Gasteiger partial charge in [-0.2, -0.15) is 0 Å². The van der Waals surface area contributed by atoms with Gasteiger partial charge in [0.15, 0.2) is 11.5 Å². The fourth-order valence-electron chi connectivity index (χ4n) is 2.64. The normalized spacial score (nSPS) is 19.1. The summed E-state index contributed by atoms with van der Waals surface area (Å²) in [6.07, 6.45) is 7.34. The highest BCUT2D eigenvalue weighted by molar-refractivity contribution is 5.85. The Balaban J connectivity index is 2.23. The average molecular weight is 261 g/mol. The third kappa shape index (κ3) is 2.95. The van der Waals surface area contributed by atoms with Gasteiger partial charge in [-0.3, -0.25) is 0 Å². The molecule has 1 aromatic rings. The van der Waals surface area contributed by atoms with Crippen molar-refractivity contribution in [2.24, 2.45) is 5.41 Å². The van der Waals surface area contributed by atoms with Crippen LogP contribution in [0.4, 0.5) is 0 Å². The van der Waals surface area contributed by atoms with Crippen LogP contribution >= 0.6 is 0 Å². The van der Waals surface area contributed by atoms with Gasteiger partial charge in [0.2, 0.25) is 0 Å². The van der Waals surface area contributed by atoms with Gasteiger partial charge >= 0.3 is 5.97 Å². The summed E-state index contributed by atoms with van der Waals surface area (Å²) in [6.45, 7) is 6.63. The van der Waals surface area contributed by atoms with Crippen molar-refractivity contribution < 1.29 is 14.4 Å². The van der Waals surface area contributed by atoms with E-state index in [9.17, 15) is 4.79 Å². The molecule has 0 unspecified atom stereocenters. The van der Waals surface area contributed by atoms with Crippen LogP contribution in [0.5, 0.6) is 0 Å². The molecule has 4 heteroatoms. The van der Waals surface area contributed by atoms with Crippen LogP contribution in [0.15, 0.2) is 27.8 Å². The average Bonchev–Trinajstić information content (AvgIpc) is 2.76. The number of aromatic carboxylic acids is 1. The Labute approximate surface area is 112 Å². The molecule has 0 saturated carbocycles. The monoisotopic (exact) mass is 261 g/mol. The van der Waals surface area contributed by atoms with Gasteiger partial charge in [0.05, 0.1) is 0 Å². The van der Waals surface area contributed by atoms with E-state index in [1.165, 1.54) is 30.1 Å². The second-order valence-electron chi connectivity index (χ2n) is 5.68. The molecule has 4 nitrogen and oxygen atoms in total. The predicted molar refractivity (Wildman–Crippen MR) is 72.8 cm³/mol. The maximum absolute atomic E-state index is 10.7. The Morgan fingerprint density at radius 1 is 1.47 bits per heavy atom. The van der Waals surface area contributed by atoms with Crippen molar-refractivity contribution in [1.82, 2.24) is 5.16 Å². The quantitative estimate of drug-likeness (QED) is 0.895. The third-order valence-electron chi connectivity index (χ3n) is 3.70. The first-order chi connectivity index (χ1) is 8.90. The van der Waals surface area contributed by atoms with E-state index in [4.69, 9.17) is 9.63 Å². The Morgan fingerprint density at radius 3 is 2.79 bits per heavy atom. The summed E-state index contributed by atoms with van der Waals surface area (Å²) in [6, 6.07) is 1.44. The smallest absolute Gasteiger partial charge is 0.358 e. The SMILES string of the molecule is CC1=C(/C=C/c2cc(C(=O)O)no2)C(C)(C)CCC1. The van der Waals surface area contributed by atoms with Crippen molar-refractivity contribution in [1.29, 1.82) is 0 Å². The molecule has 0 aromatic carbocycles. The standard InChI is InChI=1S/C15H19NO3/c1-10-5-4-8-15(2,3)12(10)7-6-11-9-13(14(17)18)16-19-11/h6-7,9H,4-5,8H2,1-3H3,(H,17,18)/b7-6+. The van der Waals surface area contributed by atoms with Crippen molar-refractivity contribution in [2.75, 3.05) is 0 Å². The van der Waals surface area contributed by atoms with Gasteiger partial charge in [-0.1, -0.05) is 30.7 Å². The highest BCUT2D eigenvalue weighted by Gasteiger charge is 2.26. The molecule has 0 bridgehead atoms. The number of hydrogen-bond acceptors (Lipinski definition) is 3. The Kier molecular flexibility index (Phi) is 3.60. The summed E-state index contributed by atoms with van der Waals surface area (Å²) in [7, 11) is 0. The number of carboxylic acids is 1. The molecule has 0 saturated heterocycles. The molecule has 2 rings (SSSR count). The minimum atomic E-state index is -1.07. The van der Waals surface area contributed by atoms with E-state index in [1.54, 1.807) is 6.08 Å². The van der Waals surface area contributed by atoms with Gasteiger partial charge in [0.1, 0.15) is 0 Å². The summed E-state index contributed by atoms with van der Waals surface area (Å²) < 4.78 is 4.98. The Hall–Kier alpha value is -1.84. The van der Waals surface area contributed by atoms with E-state index in [-0.39, 0.29) is 11.1 Å². The Bertz CT molecular complexity index is 549. The van der Waals surface area contributed by atoms with Gasteiger partial charge in [0.25, 0.3) is 0 Å². The van der Waals surface area contributed by atoms with E-state index >= 15 is 0 Å². The predicted octanol–water partition coefficient (Wildman–Crippen LogP) is 3.91. The molecule has 1 aromatic heterocycles. The zero-order valence-corrected chi connectivity index (χ0v) is 11.6. The summed E-state index contributed by atoms with van der Waals surface area (Å²) in [4.78, 5) is 10.7. The van der Waals surface area contributed by atoms with E-state index in [2.05, 4.69) is 25.9 Å². The Morgan fingerprint density at radius 2 is 2.21 bits per heavy atom. The van der Waals surface area contributed by atoms with Crippen LogP contribution in [0.3, 0.4) is 0 Å². The molecule has 1 N–H and O–H groups in total. The highest BCUT2D eigenvalue weighted by atomic mass is 16.5. The number of rotatable bonds is 3. The molecule has 19 heavy (non-hydrogen) atoms. The zero-order valence-electron chi connectivity index (χ0n) is 11.6. The molecule has 102 valence electrons. The maximum atomic E-state index is 10.7. The lowest BCUT2D eigenvalue weighted by molar-refractivity contribution is 0.0685. The van der Waals surface area contributed by atoms with Crippen molar-refractivity contribution in [2.45, 2.75) is 40.0 Å². The van der Waals surface area contributed by atoms with Crippen molar-refractivity contribution in [3.63, 3.8) is 0 Å². The van der Waals surface area contributed by atoms with Crippen LogP contribution in [0, 0.1) is 5.41 Å². The fraction of sp³-hybridized carbons (Fsp3) is 0.467. The molecule has 1 aliphatic rings. The first-order valence-electron chi connectivity index (χ1n) is 6.48. The van der Waals surface area contributed by atoms with Crippen LogP contribution in [0.2, 0.25) is 0 Å². The molecule has 0 radical (unpaired) electrons. The van der Waals surface area contributed by atoms with Crippen LogP contribution < -0.4 is 0 Å². The number of hydrogen-bond donors (Lipinski definition) is 1. The van der Waals surface area contributed by atoms with Crippen LogP contribution in [0.1, 0.15) is 56.3 Å². The second-order valence-corrected chi connectivity index (χ2v) is 5.68. The van der Waals surface area contributed by atoms with Crippen molar-refractivity contribution in [3.8, 4) is 0 Å². The molecule has 1 heterocycles. The van der Waals surface area contributed by atoms with Crippen molar-refractivity contribution >= 4 is 12.0 Å². The molecular formula is C15H19NO3. The zero-order chi connectivity index (χ0) is 14.0. The summed E-state index contributed by atoms with van der Waals surface area (Å²) in [5.41, 5.74) is 2.81.